The highest BCUT2D eigenvalue weighted by Gasteiger charge is 2.79. The number of carbonyl (C=O) groups excluding carboxylic acids is 4. The van der Waals surface area contributed by atoms with Crippen molar-refractivity contribution in [3.05, 3.63) is 0 Å². The van der Waals surface area contributed by atoms with Crippen LogP contribution in [0.1, 0.15) is 95.9 Å². The zero-order chi connectivity index (χ0) is 31.3. The summed E-state index contributed by atoms with van der Waals surface area (Å²) in [4.78, 5) is 52.8. The van der Waals surface area contributed by atoms with Gasteiger partial charge in [0.2, 0.25) is 0 Å². The molecule has 3 fully saturated rings. The molecule has 2 heterocycles. The molecule has 7 atom stereocenters. The lowest BCUT2D eigenvalue weighted by atomic mass is 9.88. The number of ether oxygens (including phenoxy) is 6. The van der Waals surface area contributed by atoms with Gasteiger partial charge in [-0.05, 0) is 95.9 Å². The van der Waals surface area contributed by atoms with Gasteiger partial charge in [-0.2, -0.15) is 0 Å². The van der Waals surface area contributed by atoms with E-state index in [2.05, 4.69) is 0 Å². The lowest BCUT2D eigenvalue weighted by Crippen LogP contribution is -2.66. The molecule has 1 spiro atoms. The van der Waals surface area contributed by atoms with Crippen molar-refractivity contribution in [1.82, 2.24) is 0 Å². The zero-order valence-electron chi connectivity index (χ0n) is 26.9. The van der Waals surface area contributed by atoms with Crippen LogP contribution in [0.15, 0.2) is 0 Å². The van der Waals surface area contributed by atoms with E-state index in [9.17, 15) is 19.2 Å². The van der Waals surface area contributed by atoms with Crippen molar-refractivity contribution in [3.8, 4) is 0 Å². The first-order chi connectivity index (χ1) is 18.5. The summed E-state index contributed by atoms with van der Waals surface area (Å²) in [7, 11) is 0. The smallest absolute Gasteiger partial charge is 0.311 e. The van der Waals surface area contributed by atoms with Gasteiger partial charge >= 0.3 is 23.9 Å². The van der Waals surface area contributed by atoms with E-state index in [0.29, 0.717) is 6.61 Å². The Morgan fingerprint density at radius 2 is 1.15 bits per heavy atom. The monoisotopic (exact) mass is 582 g/mol. The topological polar surface area (TPSA) is 124 Å². The van der Waals surface area contributed by atoms with Gasteiger partial charge in [0, 0.05) is 12.5 Å². The van der Waals surface area contributed by atoms with Crippen LogP contribution in [0.25, 0.3) is 0 Å². The number of hydrogen-bond acceptors (Lipinski definition) is 10. The molecule has 0 aromatic carbocycles. The number of esters is 4. The Morgan fingerprint density at radius 3 is 1.59 bits per heavy atom. The molecule has 41 heavy (non-hydrogen) atoms. The SMILES string of the molecule is CC(C)(C)C(=O)OC[C@H]1OC2([C@@H]3CCCO[C@@H]32)[C@H](OC(=O)C(C)(C)C)[C@@H](OC(=O)C(C)(C)C)[C@@H]1OC(=O)C(C)(C)C. The second-order valence-electron chi connectivity index (χ2n) is 15.7. The Morgan fingerprint density at radius 1 is 0.683 bits per heavy atom. The van der Waals surface area contributed by atoms with Gasteiger partial charge in [0.25, 0.3) is 0 Å². The van der Waals surface area contributed by atoms with Crippen LogP contribution in [0.2, 0.25) is 0 Å². The van der Waals surface area contributed by atoms with E-state index >= 15 is 0 Å². The summed E-state index contributed by atoms with van der Waals surface area (Å²) in [6, 6.07) is 0. The first kappa shape index (κ1) is 33.3. The van der Waals surface area contributed by atoms with Crippen molar-refractivity contribution >= 4 is 23.9 Å². The molecule has 1 saturated carbocycles. The zero-order valence-corrected chi connectivity index (χ0v) is 26.9. The highest BCUT2D eigenvalue weighted by atomic mass is 16.7. The van der Waals surface area contributed by atoms with Crippen LogP contribution >= 0.6 is 0 Å². The number of fused-ring (bicyclic) bond motifs is 3. The molecule has 3 rings (SSSR count). The van der Waals surface area contributed by atoms with Gasteiger partial charge in [-0.25, -0.2) is 0 Å². The summed E-state index contributed by atoms with van der Waals surface area (Å²) >= 11 is 0. The summed E-state index contributed by atoms with van der Waals surface area (Å²) in [5.41, 5.74) is -4.65. The Bertz CT molecular complexity index is 1010. The molecule has 234 valence electrons. The lowest BCUT2D eigenvalue weighted by molar-refractivity contribution is -0.275. The van der Waals surface area contributed by atoms with E-state index in [1.165, 1.54) is 0 Å². The molecule has 0 N–H and O–H groups in total. The molecule has 0 aromatic rings. The van der Waals surface area contributed by atoms with Crippen molar-refractivity contribution in [1.29, 1.82) is 0 Å². The van der Waals surface area contributed by atoms with E-state index < -0.39 is 81.7 Å². The van der Waals surface area contributed by atoms with E-state index in [1.54, 1.807) is 83.1 Å². The number of rotatable bonds is 5. The first-order valence-corrected chi connectivity index (χ1v) is 14.6. The van der Waals surface area contributed by atoms with Gasteiger partial charge in [-0.3, -0.25) is 19.2 Å². The van der Waals surface area contributed by atoms with E-state index in [-0.39, 0.29) is 12.5 Å². The standard InChI is InChI=1S/C31H50O10/c1-27(2,3)23(32)37-16-18-19(38-24(33)28(4,5)6)20(39-25(34)29(7,8)9)22(40-26(35)30(10,11)12)31(41-18)17-14-13-15-36-21(17)31/h17-22H,13-16H2,1-12H3/t17-,18-,19-,20+,21+,22-,31?/m1/s1. The molecule has 1 aliphatic carbocycles. The Balaban J connectivity index is 2.14. The highest BCUT2D eigenvalue weighted by Crippen LogP contribution is 2.61. The second-order valence-corrected chi connectivity index (χ2v) is 15.7. The van der Waals surface area contributed by atoms with Gasteiger partial charge in [-0.15, -0.1) is 0 Å². The Kier molecular flexibility index (Phi) is 9.05. The normalized spacial score (nSPS) is 32.0. The van der Waals surface area contributed by atoms with Gasteiger partial charge in [-0.1, -0.05) is 0 Å². The quantitative estimate of drug-likeness (QED) is 0.340. The van der Waals surface area contributed by atoms with E-state index in [1.807, 2.05) is 0 Å². The molecule has 0 bridgehead atoms. The summed E-state index contributed by atoms with van der Waals surface area (Å²) in [6.45, 7) is 20.8. The predicted molar refractivity (Wildman–Crippen MR) is 148 cm³/mol. The van der Waals surface area contributed by atoms with Crippen LogP contribution in [-0.4, -0.2) is 73.2 Å². The minimum atomic E-state index is -1.24. The number of carbonyl (C=O) groups is 4. The fourth-order valence-electron chi connectivity index (χ4n) is 4.95. The maximum absolute atomic E-state index is 13.4. The van der Waals surface area contributed by atoms with Crippen LogP contribution in [0.3, 0.4) is 0 Å². The van der Waals surface area contributed by atoms with Crippen LogP contribution in [-0.2, 0) is 47.6 Å². The molecular formula is C31H50O10. The lowest BCUT2D eigenvalue weighted by Gasteiger charge is -2.47. The Labute approximate surface area is 244 Å². The molecule has 1 unspecified atom stereocenters. The molecular weight excluding hydrogens is 532 g/mol. The maximum Gasteiger partial charge on any atom is 0.311 e. The highest BCUT2D eigenvalue weighted by molar-refractivity contribution is 5.78. The first-order valence-electron chi connectivity index (χ1n) is 14.6. The van der Waals surface area contributed by atoms with Gasteiger partial charge in [0.05, 0.1) is 27.8 Å². The summed E-state index contributed by atoms with van der Waals surface area (Å²) in [5, 5.41) is 0. The predicted octanol–water partition coefficient (Wildman–Crippen LogP) is 4.40. The van der Waals surface area contributed by atoms with E-state index in [0.717, 1.165) is 12.8 Å². The minimum absolute atomic E-state index is 0.148. The van der Waals surface area contributed by atoms with Gasteiger partial charge < -0.3 is 28.4 Å². The number of hydrogen-bond donors (Lipinski definition) is 0. The third-order valence-electron chi connectivity index (χ3n) is 7.57. The third kappa shape index (κ3) is 7.07. The minimum Gasteiger partial charge on any atom is -0.462 e. The maximum atomic E-state index is 13.4. The fourth-order valence-corrected chi connectivity index (χ4v) is 4.95. The molecule has 0 radical (unpaired) electrons. The average Bonchev–Trinajstić information content (AvgIpc) is 3.46. The van der Waals surface area contributed by atoms with Crippen molar-refractivity contribution in [2.24, 2.45) is 27.6 Å². The Hall–Kier alpha value is -2.20. The summed E-state index contributed by atoms with van der Waals surface area (Å²) < 4.78 is 36.8. The van der Waals surface area contributed by atoms with Crippen molar-refractivity contribution in [2.45, 2.75) is 132 Å². The molecule has 3 aliphatic rings. The van der Waals surface area contributed by atoms with Crippen LogP contribution < -0.4 is 0 Å². The third-order valence-corrected chi connectivity index (χ3v) is 7.57. The molecule has 2 saturated heterocycles. The van der Waals surface area contributed by atoms with Gasteiger partial charge in [0.1, 0.15) is 18.3 Å². The van der Waals surface area contributed by atoms with Gasteiger partial charge in [0.15, 0.2) is 18.3 Å². The van der Waals surface area contributed by atoms with Crippen LogP contribution in [0.4, 0.5) is 0 Å². The fraction of sp³-hybridized carbons (Fsp3) is 0.871. The molecule has 0 amide bonds. The largest absolute Gasteiger partial charge is 0.462 e. The molecule has 0 aromatic heterocycles. The van der Waals surface area contributed by atoms with E-state index in [4.69, 9.17) is 28.4 Å². The molecule has 10 heteroatoms. The average molecular weight is 583 g/mol. The second kappa shape index (κ2) is 11.1. The summed E-state index contributed by atoms with van der Waals surface area (Å²) in [5.74, 6) is -2.28. The van der Waals surface area contributed by atoms with Crippen molar-refractivity contribution in [3.63, 3.8) is 0 Å². The molecule has 2 aliphatic heterocycles. The van der Waals surface area contributed by atoms with Crippen LogP contribution in [0, 0.1) is 27.6 Å². The van der Waals surface area contributed by atoms with Crippen molar-refractivity contribution < 1.29 is 47.6 Å². The summed E-state index contributed by atoms with van der Waals surface area (Å²) in [6.07, 6.45) is -3.50. The molecule has 10 nitrogen and oxygen atoms in total. The van der Waals surface area contributed by atoms with Crippen LogP contribution in [0.5, 0.6) is 0 Å². The van der Waals surface area contributed by atoms with Crippen molar-refractivity contribution in [2.75, 3.05) is 13.2 Å².